The molecular weight excluding hydrogens is 211 g/mol. The Morgan fingerprint density at radius 2 is 1.87 bits per heavy atom. The third-order valence-electron chi connectivity index (χ3n) is 2.65. The highest BCUT2D eigenvalue weighted by molar-refractivity contribution is 6.83. The lowest BCUT2D eigenvalue weighted by Gasteiger charge is -2.20. The number of carbonyl (C=O) groups excluding carboxylic acids is 1. The van der Waals surface area contributed by atoms with Crippen LogP contribution in [0.25, 0.3) is 0 Å². The van der Waals surface area contributed by atoms with Crippen molar-refractivity contribution in [3.63, 3.8) is 0 Å². The normalized spacial score (nSPS) is 25.2. The van der Waals surface area contributed by atoms with Crippen LogP contribution in [-0.4, -0.2) is 20.7 Å². The molecule has 0 radical (unpaired) electrons. The average Bonchev–Trinajstić information content (AvgIpc) is 2.19. The summed E-state index contributed by atoms with van der Waals surface area (Å²) in [6, 6.07) is 0. The van der Waals surface area contributed by atoms with Crippen LogP contribution >= 0.6 is 0 Å². The molecule has 0 spiro atoms. The fourth-order valence-electron chi connectivity index (χ4n) is 1.75. The summed E-state index contributed by atoms with van der Waals surface area (Å²) in [7, 11) is -1.73. The number of cyclic esters (lactones) is 1. The van der Waals surface area contributed by atoms with Crippen LogP contribution in [0.1, 0.15) is 25.7 Å². The molecule has 1 aliphatic heterocycles. The van der Waals surface area contributed by atoms with Gasteiger partial charge in [-0.3, -0.25) is 0 Å². The molecule has 0 saturated carbocycles. The predicted molar refractivity (Wildman–Crippen MR) is 60.9 cm³/mol. The topological polar surface area (TPSA) is 26.3 Å². The first-order valence-corrected chi connectivity index (χ1v) is 8.99. The molecule has 86 valence electrons. The third-order valence-corrected chi connectivity index (χ3v) is 4.93. The Hall–Kier alpha value is -0.643. The first kappa shape index (κ1) is 12.4. The van der Waals surface area contributed by atoms with Crippen molar-refractivity contribution in [3.8, 4) is 0 Å². The lowest BCUT2D eigenvalue weighted by Crippen LogP contribution is -2.27. The monoisotopic (exact) mass is 230 g/mol. The molecule has 2 nitrogen and oxygen atoms in total. The molecule has 0 unspecified atom stereocenters. The number of rotatable bonds is 1. The number of allylic oxidation sites excluding steroid dienone is 1. The van der Waals surface area contributed by atoms with E-state index in [0.29, 0.717) is 6.61 Å². The molecule has 0 aromatic heterocycles. The standard InChI is InChI=1S/C11H19FO2Si/c1-15(2,3)9-7-5-4-6-8-14-11(13)10(9)12/h4-8H2,1-3H3/b10-9-. The van der Waals surface area contributed by atoms with Crippen molar-refractivity contribution < 1.29 is 13.9 Å². The maximum atomic E-state index is 13.8. The number of ether oxygens (including phenoxy) is 1. The Bertz CT molecular complexity index is 279. The molecule has 0 aromatic carbocycles. The Morgan fingerprint density at radius 1 is 1.20 bits per heavy atom. The van der Waals surface area contributed by atoms with Gasteiger partial charge in [-0.05, 0) is 30.9 Å². The summed E-state index contributed by atoms with van der Waals surface area (Å²) in [6.45, 7) is 6.54. The number of hydrogen-bond donors (Lipinski definition) is 0. The van der Waals surface area contributed by atoms with Gasteiger partial charge < -0.3 is 4.74 Å². The highest BCUT2D eigenvalue weighted by Crippen LogP contribution is 2.27. The second-order valence-electron chi connectivity index (χ2n) is 4.99. The van der Waals surface area contributed by atoms with E-state index in [4.69, 9.17) is 4.74 Å². The van der Waals surface area contributed by atoms with Gasteiger partial charge in [0.2, 0.25) is 5.83 Å². The minimum atomic E-state index is -1.73. The van der Waals surface area contributed by atoms with Gasteiger partial charge in [-0.1, -0.05) is 19.6 Å². The molecule has 1 aliphatic rings. The Kier molecular flexibility index (Phi) is 4.08. The highest BCUT2D eigenvalue weighted by Gasteiger charge is 2.28. The SMILES string of the molecule is C[Si](C)(C)/C1=C(\F)C(=O)OCCCCC1. The zero-order chi connectivity index (χ0) is 11.5. The second kappa shape index (κ2) is 4.92. The maximum Gasteiger partial charge on any atom is 0.366 e. The van der Waals surface area contributed by atoms with Crippen molar-refractivity contribution in [2.45, 2.75) is 45.3 Å². The summed E-state index contributed by atoms with van der Waals surface area (Å²) in [5.41, 5.74) is 0. The zero-order valence-electron chi connectivity index (χ0n) is 9.73. The van der Waals surface area contributed by atoms with Crippen molar-refractivity contribution in [3.05, 3.63) is 11.0 Å². The van der Waals surface area contributed by atoms with Crippen LogP contribution in [0.15, 0.2) is 11.0 Å². The third kappa shape index (κ3) is 3.45. The van der Waals surface area contributed by atoms with Crippen LogP contribution in [-0.2, 0) is 9.53 Å². The van der Waals surface area contributed by atoms with Crippen LogP contribution < -0.4 is 0 Å². The summed E-state index contributed by atoms with van der Waals surface area (Å²) in [4.78, 5) is 11.3. The molecule has 0 N–H and O–H groups in total. The quantitative estimate of drug-likeness (QED) is 0.511. The van der Waals surface area contributed by atoms with E-state index in [1.54, 1.807) is 0 Å². The average molecular weight is 230 g/mol. The van der Waals surface area contributed by atoms with E-state index in [1.807, 2.05) is 0 Å². The maximum absolute atomic E-state index is 13.8. The Morgan fingerprint density at radius 3 is 2.47 bits per heavy atom. The largest absolute Gasteiger partial charge is 0.460 e. The van der Waals surface area contributed by atoms with Crippen LogP contribution in [0.4, 0.5) is 4.39 Å². The number of carbonyl (C=O) groups is 1. The molecule has 0 aromatic rings. The van der Waals surface area contributed by atoms with Crippen LogP contribution in [0.5, 0.6) is 0 Å². The summed E-state index contributed by atoms with van der Waals surface area (Å²) in [6.07, 6.45) is 3.53. The van der Waals surface area contributed by atoms with E-state index in [2.05, 4.69) is 19.6 Å². The fourth-order valence-corrected chi connectivity index (χ4v) is 3.43. The lowest BCUT2D eigenvalue weighted by molar-refractivity contribution is -0.140. The second-order valence-corrected chi connectivity index (χ2v) is 10.1. The molecule has 0 aliphatic carbocycles. The van der Waals surface area contributed by atoms with E-state index in [0.717, 1.165) is 30.9 Å². The summed E-state index contributed by atoms with van der Waals surface area (Å²) >= 11 is 0. The van der Waals surface area contributed by atoms with Gasteiger partial charge in [-0.15, -0.1) is 0 Å². The van der Waals surface area contributed by atoms with Gasteiger partial charge in [0.05, 0.1) is 14.7 Å². The molecule has 1 heterocycles. The van der Waals surface area contributed by atoms with Gasteiger partial charge in [-0.25, -0.2) is 4.79 Å². The van der Waals surface area contributed by atoms with Gasteiger partial charge in [0, 0.05) is 0 Å². The summed E-state index contributed by atoms with van der Waals surface area (Å²) in [5.74, 6) is -1.37. The molecule has 0 amide bonds. The first-order valence-electron chi connectivity index (χ1n) is 5.49. The molecule has 4 heteroatoms. The number of hydrogen-bond acceptors (Lipinski definition) is 2. The smallest absolute Gasteiger partial charge is 0.366 e. The van der Waals surface area contributed by atoms with Crippen molar-refractivity contribution in [1.82, 2.24) is 0 Å². The molecular formula is C11H19FO2Si. The van der Waals surface area contributed by atoms with Crippen molar-refractivity contribution in [2.75, 3.05) is 6.61 Å². The molecule has 0 atom stereocenters. The lowest BCUT2D eigenvalue weighted by atomic mass is 10.2. The van der Waals surface area contributed by atoms with Gasteiger partial charge in [0.15, 0.2) is 0 Å². The fraction of sp³-hybridized carbons (Fsp3) is 0.727. The Labute approximate surface area is 91.5 Å². The van der Waals surface area contributed by atoms with Gasteiger partial charge in [-0.2, -0.15) is 4.39 Å². The summed E-state index contributed by atoms with van der Waals surface area (Å²) in [5, 5.41) is 0.731. The highest BCUT2D eigenvalue weighted by atomic mass is 28.3. The van der Waals surface area contributed by atoms with Crippen LogP contribution in [0.3, 0.4) is 0 Å². The zero-order valence-corrected chi connectivity index (χ0v) is 10.7. The van der Waals surface area contributed by atoms with Crippen molar-refractivity contribution in [1.29, 1.82) is 0 Å². The first-order chi connectivity index (χ1) is 6.93. The molecule has 0 fully saturated rings. The minimum absolute atomic E-state index is 0.352. The van der Waals surface area contributed by atoms with E-state index in [-0.39, 0.29) is 0 Å². The van der Waals surface area contributed by atoms with Crippen molar-refractivity contribution >= 4 is 14.0 Å². The van der Waals surface area contributed by atoms with Gasteiger partial charge in [0.25, 0.3) is 0 Å². The van der Waals surface area contributed by atoms with Crippen LogP contribution in [0.2, 0.25) is 19.6 Å². The van der Waals surface area contributed by atoms with E-state index >= 15 is 0 Å². The van der Waals surface area contributed by atoms with E-state index in [9.17, 15) is 9.18 Å². The van der Waals surface area contributed by atoms with Gasteiger partial charge in [0.1, 0.15) is 0 Å². The molecule has 0 bridgehead atoms. The molecule has 1 rings (SSSR count). The summed E-state index contributed by atoms with van der Waals surface area (Å²) < 4.78 is 18.6. The van der Waals surface area contributed by atoms with Crippen molar-refractivity contribution in [2.24, 2.45) is 0 Å². The van der Waals surface area contributed by atoms with Crippen LogP contribution in [0, 0.1) is 0 Å². The van der Waals surface area contributed by atoms with E-state index in [1.165, 1.54) is 0 Å². The predicted octanol–water partition coefficient (Wildman–Crippen LogP) is 3.20. The number of esters is 1. The minimum Gasteiger partial charge on any atom is -0.460 e. The van der Waals surface area contributed by atoms with E-state index < -0.39 is 19.9 Å². The van der Waals surface area contributed by atoms with Gasteiger partial charge >= 0.3 is 5.97 Å². The number of halogens is 1. The Balaban J connectivity index is 2.97. The molecule has 15 heavy (non-hydrogen) atoms. The molecule has 0 saturated heterocycles.